The minimum absolute atomic E-state index is 0.112. The number of fused-ring (bicyclic) bond motifs is 1. The molecule has 0 spiro atoms. The zero-order valence-corrected chi connectivity index (χ0v) is 16.8. The molecule has 1 aliphatic carbocycles. The largest absolute Gasteiger partial charge is 0.490 e. The maximum Gasteiger partial charge on any atom is 0.251 e. The van der Waals surface area contributed by atoms with Gasteiger partial charge >= 0.3 is 0 Å². The Balaban J connectivity index is 1.35. The standard InChI is InChI=1S/C22H20BrFN2O2/c23-19-3-1-2-18-20(12-13-25-21(18)19)28-17-10-8-16(9-11-17)26-22(27)14-4-6-15(24)7-5-14/h1-7,12-13,16-17H,8-11H2,(H,26,27). The maximum absolute atomic E-state index is 13.0. The van der Waals surface area contributed by atoms with Crippen LogP contribution >= 0.6 is 15.9 Å². The van der Waals surface area contributed by atoms with Crippen molar-refractivity contribution < 1.29 is 13.9 Å². The van der Waals surface area contributed by atoms with E-state index in [9.17, 15) is 9.18 Å². The summed E-state index contributed by atoms with van der Waals surface area (Å²) >= 11 is 3.53. The van der Waals surface area contributed by atoms with E-state index >= 15 is 0 Å². The van der Waals surface area contributed by atoms with E-state index in [0.717, 1.165) is 46.8 Å². The quantitative estimate of drug-likeness (QED) is 0.599. The van der Waals surface area contributed by atoms with Crippen molar-refractivity contribution in [3.63, 3.8) is 0 Å². The molecular weight excluding hydrogens is 423 g/mol. The summed E-state index contributed by atoms with van der Waals surface area (Å²) in [5.74, 6) is 0.337. The summed E-state index contributed by atoms with van der Waals surface area (Å²) in [5, 5.41) is 4.03. The number of aromatic nitrogens is 1. The molecule has 1 heterocycles. The summed E-state index contributed by atoms with van der Waals surface area (Å²) < 4.78 is 20.2. The highest BCUT2D eigenvalue weighted by atomic mass is 79.9. The lowest BCUT2D eigenvalue weighted by atomic mass is 9.92. The molecule has 1 amide bonds. The van der Waals surface area contributed by atoms with Gasteiger partial charge in [-0.3, -0.25) is 9.78 Å². The van der Waals surface area contributed by atoms with Gasteiger partial charge in [0, 0.05) is 27.7 Å². The number of hydrogen-bond acceptors (Lipinski definition) is 3. The predicted octanol–water partition coefficient (Wildman–Crippen LogP) is 5.26. The summed E-state index contributed by atoms with van der Waals surface area (Å²) in [7, 11) is 0. The molecule has 0 saturated heterocycles. The van der Waals surface area contributed by atoms with E-state index in [4.69, 9.17) is 4.74 Å². The highest BCUT2D eigenvalue weighted by molar-refractivity contribution is 9.10. The Hall–Kier alpha value is -2.47. The molecule has 0 aliphatic heterocycles. The Morgan fingerprint density at radius 2 is 1.82 bits per heavy atom. The molecule has 144 valence electrons. The van der Waals surface area contributed by atoms with Gasteiger partial charge in [-0.25, -0.2) is 4.39 Å². The van der Waals surface area contributed by atoms with Gasteiger partial charge in [-0.1, -0.05) is 6.07 Å². The third-order valence-electron chi connectivity index (χ3n) is 5.09. The SMILES string of the molecule is O=C(NC1CCC(Oc2ccnc3c(Br)cccc23)CC1)c1ccc(F)cc1. The molecule has 1 aromatic heterocycles. The maximum atomic E-state index is 13.0. The highest BCUT2D eigenvalue weighted by Crippen LogP contribution is 2.31. The molecule has 0 radical (unpaired) electrons. The van der Waals surface area contributed by atoms with Gasteiger partial charge in [-0.2, -0.15) is 0 Å². The number of pyridine rings is 1. The van der Waals surface area contributed by atoms with Crippen LogP contribution in [-0.4, -0.2) is 23.0 Å². The van der Waals surface area contributed by atoms with E-state index in [1.54, 1.807) is 6.20 Å². The molecule has 1 fully saturated rings. The van der Waals surface area contributed by atoms with Crippen molar-refractivity contribution in [3.8, 4) is 5.75 Å². The van der Waals surface area contributed by atoms with E-state index in [2.05, 4.69) is 26.2 Å². The van der Waals surface area contributed by atoms with Gasteiger partial charge in [0.15, 0.2) is 0 Å². The molecular formula is C22H20BrFN2O2. The number of hydrogen-bond donors (Lipinski definition) is 1. The van der Waals surface area contributed by atoms with Gasteiger partial charge in [-0.05, 0) is 84.1 Å². The van der Waals surface area contributed by atoms with Crippen LogP contribution in [0.2, 0.25) is 0 Å². The Bertz CT molecular complexity index is 985. The molecule has 4 nitrogen and oxygen atoms in total. The number of halogens is 2. The summed E-state index contributed by atoms with van der Waals surface area (Å²) in [4.78, 5) is 16.7. The third-order valence-corrected chi connectivity index (χ3v) is 5.73. The molecule has 0 atom stereocenters. The second-order valence-electron chi connectivity index (χ2n) is 7.02. The lowest BCUT2D eigenvalue weighted by Crippen LogP contribution is -2.39. The molecule has 0 bridgehead atoms. The fourth-order valence-electron chi connectivity index (χ4n) is 3.59. The first-order chi connectivity index (χ1) is 13.6. The van der Waals surface area contributed by atoms with Crippen LogP contribution in [0.5, 0.6) is 5.75 Å². The van der Waals surface area contributed by atoms with Crippen LogP contribution in [-0.2, 0) is 0 Å². The zero-order valence-electron chi connectivity index (χ0n) is 15.2. The van der Waals surface area contributed by atoms with Crippen molar-refractivity contribution in [3.05, 3.63) is 70.6 Å². The van der Waals surface area contributed by atoms with Crippen LogP contribution in [0.3, 0.4) is 0 Å². The fraction of sp³-hybridized carbons (Fsp3) is 0.273. The number of ether oxygens (including phenoxy) is 1. The van der Waals surface area contributed by atoms with Crippen molar-refractivity contribution in [2.45, 2.75) is 37.8 Å². The summed E-state index contributed by atoms with van der Waals surface area (Å²) in [5.41, 5.74) is 1.37. The normalized spacial score (nSPS) is 19.4. The average Bonchev–Trinajstić information content (AvgIpc) is 2.71. The molecule has 28 heavy (non-hydrogen) atoms. The molecule has 1 saturated carbocycles. The molecule has 6 heteroatoms. The van der Waals surface area contributed by atoms with Crippen molar-refractivity contribution in [2.75, 3.05) is 0 Å². The summed E-state index contributed by atoms with van der Waals surface area (Å²) in [6, 6.07) is 13.6. The van der Waals surface area contributed by atoms with Crippen molar-refractivity contribution >= 4 is 32.7 Å². The molecule has 4 rings (SSSR count). The Morgan fingerprint density at radius 1 is 1.07 bits per heavy atom. The first-order valence-corrected chi connectivity index (χ1v) is 10.2. The molecule has 3 aromatic rings. The number of benzene rings is 2. The van der Waals surface area contributed by atoms with Crippen LogP contribution < -0.4 is 10.1 Å². The highest BCUT2D eigenvalue weighted by Gasteiger charge is 2.24. The minimum atomic E-state index is -0.343. The summed E-state index contributed by atoms with van der Waals surface area (Å²) in [6.45, 7) is 0. The second kappa shape index (κ2) is 8.27. The number of carbonyl (C=O) groups is 1. The van der Waals surface area contributed by atoms with Gasteiger partial charge < -0.3 is 10.1 Å². The Kier molecular flexibility index (Phi) is 5.57. The summed E-state index contributed by atoms with van der Waals surface area (Å²) in [6.07, 6.45) is 5.31. The molecule has 1 N–H and O–H groups in total. The number of nitrogens with one attached hydrogen (secondary N) is 1. The number of carbonyl (C=O) groups excluding carboxylic acids is 1. The van der Waals surface area contributed by atoms with Crippen LogP contribution in [0.25, 0.3) is 10.9 Å². The number of nitrogens with zero attached hydrogens (tertiary/aromatic N) is 1. The third kappa shape index (κ3) is 4.17. The molecule has 1 aliphatic rings. The topological polar surface area (TPSA) is 51.2 Å². The van der Waals surface area contributed by atoms with Crippen LogP contribution in [0, 0.1) is 5.82 Å². The van der Waals surface area contributed by atoms with Gasteiger partial charge in [-0.15, -0.1) is 0 Å². The fourth-order valence-corrected chi connectivity index (χ4v) is 4.06. The van der Waals surface area contributed by atoms with E-state index in [0.29, 0.717) is 5.56 Å². The van der Waals surface area contributed by atoms with Crippen molar-refractivity contribution in [2.24, 2.45) is 0 Å². The average molecular weight is 443 g/mol. The van der Waals surface area contributed by atoms with Gasteiger partial charge in [0.2, 0.25) is 0 Å². The predicted molar refractivity (Wildman–Crippen MR) is 110 cm³/mol. The Morgan fingerprint density at radius 3 is 2.57 bits per heavy atom. The van der Waals surface area contributed by atoms with Crippen LogP contribution in [0.1, 0.15) is 36.0 Å². The number of amides is 1. The Labute approximate surface area is 171 Å². The van der Waals surface area contributed by atoms with E-state index in [-0.39, 0.29) is 23.9 Å². The second-order valence-corrected chi connectivity index (χ2v) is 7.87. The number of para-hydroxylation sites is 1. The smallest absolute Gasteiger partial charge is 0.251 e. The monoisotopic (exact) mass is 442 g/mol. The lowest BCUT2D eigenvalue weighted by molar-refractivity contribution is 0.0895. The lowest BCUT2D eigenvalue weighted by Gasteiger charge is -2.29. The van der Waals surface area contributed by atoms with E-state index in [1.807, 2.05) is 24.3 Å². The first-order valence-electron chi connectivity index (χ1n) is 9.36. The van der Waals surface area contributed by atoms with Crippen LogP contribution in [0.4, 0.5) is 4.39 Å². The van der Waals surface area contributed by atoms with Gasteiger partial charge in [0.1, 0.15) is 11.6 Å². The van der Waals surface area contributed by atoms with E-state index < -0.39 is 0 Å². The number of rotatable bonds is 4. The molecule has 0 unspecified atom stereocenters. The molecule has 2 aromatic carbocycles. The first kappa shape index (κ1) is 18.9. The van der Waals surface area contributed by atoms with Crippen LogP contribution in [0.15, 0.2) is 59.2 Å². The van der Waals surface area contributed by atoms with Crippen molar-refractivity contribution in [1.29, 1.82) is 0 Å². The van der Waals surface area contributed by atoms with Crippen molar-refractivity contribution in [1.82, 2.24) is 10.3 Å². The van der Waals surface area contributed by atoms with E-state index in [1.165, 1.54) is 24.3 Å². The van der Waals surface area contributed by atoms with Gasteiger partial charge in [0.05, 0.1) is 11.6 Å². The zero-order chi connectivity index (χ0) is 19.5. The minimum Gasteiger partial charge on any atom is -0.490 e. The van der Waals surface area contributed by atoms with Gasteiger partial charge in [0.25, 0.3) is 5.91 Å².